The van der Waals surface area contributed by atoms with Crippen molar-refractivity contribution in [2.24, 2.45) is 0 Å². The van der Waals surface area contributed by atoms with Crippen LogP contribution in [-0.4, -0.2) is 23.8 Å². The van der Waals surface area contributed by atoms with Crippen LogP contribution in [0.3, 0.4) is 0 Å². The average Bonchev–Trinajstić information content (AvgIpc) is 2.55. The van der Waals surface area contributed by atoms with Crippen molar-refractivity contribution in [3.63, 3.8) is 0 Å². The Morgan fingerprint density at radius 1 is 1.04 bits per heavy atom. The van der Waals surface area contributed by atoms with E-state index in [2.05, 4.69) is 11.3 Å². The monoisotopic (exact) mass is 314 g/mol. The number of hydrogen-bond acceptors (Lipinski definition) is 4. The Morgan fingerprint density at radius 2 is 1.48 bits per heavy atom. The van der Waals surface area contributed by atoms with Crippen LogP contribution in [-0.2, 0) is 9.53 Å². The number of hydrogen-bond donors (Lipinski definition) is 1. The van der Waals surface area contributed by atoms with Gasteiger partial charge in [0.1, 0.15) is 18.1 Å². The third kappa shape index (κ3) is 8.44. The van der Waals surface area contributed by atoms with Gasteiger partial charge in [0.15, 0.2) is 0 Å². The molecule has 0 heterocycles. The maximum atomic E-state index is 10.6. The second-order valence-electron chi connectivity index (χ2n) is 4.96. The second kappa shape index (κ2) is 10.2. The molecule has 0 aliphatic heterocycles. The summed E-state index contributed by atoms with van der Waals surface area (Å²) in [7, 11) is 0. The highest BCUT2D eigenvalue weighted by Gasteiger charge is 2.03. The SMILES string of the molecule is C=C(C)C(=O)OCC(C)O.c1ccc(Oc2ccccc2)cc1. The molecule has 0 saturated carbocycles. The first-order chi connectivity index (χ1) is 11.0. The van der Waals surface area contributed by atoms with Crippen molar-refractivity contribution in [2.45, 2.75) is 20.0 Å². The Kier molecular flexibility index (Phi) is 8.18. The van der Waals surface area contributed by atoms with Crippen LogP contribution >= 0.6 is 0 Å². The van der Waals surface area contributed by atoms with E-state index in [1.54, 1.807) is 13.8 Å². The van der Waals surface area contributed by atoms with E-state index in [4.69, 9.17) is 9.84 Å². The molecule has 4 nitrogen and oxygen atoms in total. The summed E-state index contributed by atoms with van der Waals surface area (Å²) >= 11 is 0. The molecule has 4 heteroatoms. The largest absolute Gasteiger partial charge is 0.460 e. The third-order valence-corrected chi connectivity index (χ3v) is 2.53. The summed E-state index contributed by atoms with van der Waals surface area (Å²) in [5.74, 6) is 1.28. The molecule has 1 atom stereocenters. The maximum Gasteiger partial charge on any atom is 0.333 e. The number of para-hydroxylation sites is 2. The first-order valence-corrected chi connectivity index (χ1v) is 7.27. The van der Waals surface area contributed by atoms with Crippen LogP contribution in [0, 0.1) is 0 Å². The number of esters is 1. The highest BCUT2D eigenvalue weighted by molar-refractivity contribution is 5.86. The molecule has 0 aliphatic rings. The standard InChI is InChI=1S/C12H10O.C7H12O3/c1-3-7-11(8-4-1)13-12-9-5-2-6-10-12;1-5(2)7(9)10-4-6(3)8/h1-10H;6,8H,1,4H2,2-3H3. The van der Waals surface area contributed by atoms with Gasteiger partial charge in [0.25, 0.3) is 0 Å². The fourth-order valence-corrected chi connectivity index (χ4v) is 1.43. The van der Waals surface area contributed by atoms with Crippen molar-refractivity contribution in [2.75, 3.05) is 6.61 Å². The van der Waals surface area contributed by atoms with E-state index in [0.29, 0.717) is 5.57 Å². The van der Waals surface area contributed by atoms with E-state index in [9.17, 15) is 4.79 Å². The molecule has 0 aliphatic carbocycles. The number of rotatable bonds is 5. The van der Waals surface area contributed by atoms with Crippen LogP contribution in [0.15, 0.2) is 72.8 Å². The van der Waals surface area contributed by atoms with Crippen molar-refractivity contribution in [1.29, 1.82) is 0 Å². The van der Waals surface area contributed by atoms with Gasteiger partial charge in [-0.3, -0.25) is 0 Å². The molecule has 0 fully saturated rings. The molecule has 2 aromatic carbocycles. The fourth-order valence-electron chi connectivity index (χ4n) is 1.43. The van der Waals surface area contributed by atoms with Gasteiger partial charge in [0.05, 0.1) is 6.10 Å². The van der Waals surface area contributed by atoms with Gasteiger partial charge in [0.2, 0.25) is 0 Å². The zero-order chi connectivity index (χ0) is 17.1. The molecule has 0 radical (unpaired) electrons. The zero-order valence-electron chi connectivity index (χ0n) is 13.4. The second-order valence-corrected chi connectivity index (χ2v) is 4.96. The molecule has 23 heavy (non-hydrogen) atoms. The van der Waals surface area contributed by atoms with E-state index in [0.717, 1.165) is 11.5 Å². The first-order valence-electron chi connectivity index (χ1n) is 7.27. The third-order valence-electron chi connectivity index (χ3n) is 2.53. The predicted octanol–water partition coefficient (Wildman–Crippen LogP) is 3.97. The van der Waals surface area contributed by atoms with Gasteiger partial charge in [0, 0.05) is 5.57 Å². The number of carbonyl (C=O) groups excluding carboxylic acids is 1. The zero-order valence-corrected chi connectivity index (χ0v) is 13.4. The predicted molar refractivity (Wildman–Crippen MR) is 90.4 cm³/mol. The summed E-state index contributed by atoms with van der Waals surface area (Å²) in [5.41, 5.74) is 0.348. The molecule has 1 unspecified atom stereocenters. The van der Waals surface area contributed by atoms with Crippen LogP contribution in [0.4, 0.5) is 0 Å². The highest BCUT2D eigenvalue weighted by atomic mass is 16.5. The van der Waals surface area contributed by atoms with Crippen LogP contribution < -0.4 is 4.74 Å². The summed E-state index contributed by atoms with van der Waals surface area (Å²) < 4.78 is 10.2. The molecular formula is C19H22O4. The summed E-state index contributed by atoms with van der Waals surface area (Å²) in [6.07, 6.45) is -0.608. The molecule has 0 spiro atoms. The summed E-state index contributed by atoms with van der Waals surface area (Å²) in [5, 5.41) is 8.68. The summed E-state index contributed by atoms with van der Waals surface area (Å²) in [6, 6.07) is 19.5. The van der Waals surface area contributed by atoms with Crippen LogP contribution in [0.2, 0.25) is 0 Å². The Labute approximate surface area is 137 Å². The highest BCUT2D eigenvalue weighted by Crippen LogP contribution is 2.19. The lowest BCUT2D eigenvalue weighted by atomic mass is 10.3. The van der Waals surface area contributed by atoms with Gasteiger partial charge in [-0.1, -0.05) is 43.0 Å². The van der Waals surface area contributed by atoms with Crippen molar-refractivity contribution in [1.82, 2.24) is 0 Å². The number of carbonyl (C=O) groups is 1. The molecule has 2 aromatic rings. The molecular weight excluding hydrogens is 292 g/mol. The quantitative estimate of drug-likeness (QED) is 0.670. The lowest BCUT2D eigenvalue weighted by Crippen LogP contribution is -2.15. The molecule has 0 aromatic heterocycles. The van der Waals surface area contributed by atoms with Gasteiger partial charge in [-0.25, -0.2) is 4.79 Å². The number of benzene rings is 2. The molecule has 1 N–H and O–H groups in total. The lowest BCUT2D eigenvalue weighted by molar-refractivity contribution is -0.141. The Hall–Kier alpha value is -2.59. The van der Waals surface area contributed by atoms with Gasteiger partial charge < -0.3 is 14.6 Å². The Bertz CT molecular complexity index is 554. The average molecular weight is 314 g/mol. The molecule has 2 rings (SSSR count). The topological polar surface area (TPSA) is 55.8 Å². The number of aliphatic hydroxyl groups is 1. The van der Waals surface area contributed by atoms with Crippen molar-refractivity contribution >= 4 is 5.97 Å². The minimum atomic E-state index is -0.608. The summed E-state index contributed by atoms with van der Waals surface area (Å²) in [6.45, 7) is 6.52. The van der Waals surface area contributed by atoms with Gasteiger partial charge in [-0.2, -0.15) is 0 Å². The molecule has 0 saturated heterocycles. The number of ether oxygens (including phenoxy) is 2. The van der Waals surface area contributed by atoms with E-state index in [1.807, 2.05) is 60.7 Å². The Morgan fingerprint density at radius 3 is 1.83 bits per heavy atom. The number of aliphatic hydroxyl groups excluding tert-OH is 1. The van der Waals surface area contributed by atoms with E-state index < -0.39 is 12.1 Å². The van der Waals surface area contributed by atoms with E-state index in [1.165, 1.54) is 0 Å². The normalized spacial score (nSPS) is 10.7. The summed E-state index contributed by atoms with van der Waals surface area (Å²) in [4.78, 5) is 10.6. The fraction of sp³-hybridized carbons (Fsp3) is 0.211. The van der Waals surface area contributed by atoms with Gasteiger partial charge in [-0.15, -0.1) is 0 Å². The molecule has 122 valence electrons. The Balaban J connectivity index is 0.000000241. The van der Waals surface area contributed by atoms with E-state index >= 15 is 0 Å². The van der Waals surface area contributed by atoms with Crippen molar-refractivity contribution < 1.29 is 19.4 Å². The van der Waals surface area contributed by atoms with Crippen molar-refractivity contribution in [3.05, 3.63) is 72.8 Å². The van der Waals surface area contributed by atoms with Crippen LogP contribution in [0.1, 0.15) is 13.8 Å². The van der Waals surface area contributed by atoms with Crippen molar-refractivity contribution in [3.8, 4) is 11.5 Å². The van der Waals surface area contributed by atoms with Crippen LogP contribution in [0.5, 0.6) is 11.5 Å². The van der Waals surface area contributed by atoms with Crippen LogP contribution in [0.25, 0.3) is 0 Å². The maximum absolute atomic E-state index is 10.6. The smallest absolute Gasteiger partial charge is 0.333 e. The minimum Gasteiger partial charge on any atom is -0.460 e. The first kappa shape index (κ1) is 18.5. The van der Waals surface area contributed by atoms with Gasteiger partial charge in [-0.05, 0) is 38.1 Å². The van der Waals surface area contributed by atoms with Gasteiger partial charge >= 0.3 is 5.97 Å². The lowest BCUT2D eigenvalue weighted by Gasteiger charge is -2.04. The minimum absolute atomic E-state index is 0.0334. The molecule has 0 amide bonds. The van der Waals surface area contributed by atoms with E-state index in [-0.39, 0.29) is 6.61 Å². The molecule has 0 bridgehead atoms.